The molecule has 3 aromatic rings. The highest BCUT2D eigenvalue weighted by molar-refractivity contribution is 5.99. The summed E-state index contributed by atoms with van der Waals surface area (Å²) in [5, 5.41) is 8.44. The van der Waals surface area contributed by atoms with E-state index in [9.17, 15) is 9.59 Å². The maximum Gasteiger partial charge on any atom is 0.323 e. The summed E-state index contributed by atoms with van der Waals surface area (Å²) in [6.45, 7) is 3.75. The summed E-state index contributed by atoms with van der Waals surface area (Å²) in [5.74, 6) is 1.22. The molecule has 29 heavy (non-hydrogen) atoms. The number of carbonyl (C=O) groups excluding carboxylic acids is 2. The van der Waals surface area contributed by atoms with Gasteiger partial charge in [-0.1, -0.05) is 30.3 Å². The quantitative estimate of drug-likeness (QED) is 0.512. The van der Waals surface area contributed by atoms with Crippen LogP contribution in [0, 0.1) is 6.92 Å². The van der Waals surface area contributed by atoms with Crippen LogP contribution in [-0.4, -0.2) is 11.9 Å². The van der Waals surface area contributed by atoms with Crippen molar-refractivity contribution in [1.82, 2.24) is 5.32 Å². The average molecular weight is 389 g/mol. The largest absolute Gasteiger partial charge is 0.462 e. The normalized spacial score (nSPS) is 11.8. The summed E-state index contributed by atoms with van der Waals surface area (Å²) in [6.07, 6.45) is 3.08. The number of urea groups is 1. The zero-order valence-electron chi connectivity index (χ0n) is 16.3. The van der Waals surface area contributed by atoms with Crippen molar-refractivity contribution >= 4 is 29.4 Å². The number of aryl methyl sites for hydroxylation is 1. The van der Waals surface area contributed by atoms with Crippen LogP contribution in [-0.2, 0) is 4.79 Å². The van der Waals surface area contributed by atoms with Crippen LogP contribution < -0.4 is 16.0 Å². The lowest BCUT2D eigenvalue weighted by atomic mass is 10.1. The molecule has 6 nitrogen and oxygen atoms in total. The van der Waals surface area contributed by atoms with Gasteiger partial charge >= 0.3 is 6.03 Å². The van der Waals surface area contributed by atoms with E-state index in [4.69, 9.17) is 4.42 Å². The molecule has 1 atom stereocenters. The van der Waals surface area contributed by atoms with Gasteiger partial charge in [-0.2, -0.15) is 0 Å². The first-order valence-corrected chi connectivity index (χ1v) is 9.27. The van der Waals surface area contributed by atoms with Crippen molar-refractivity contribution in [1.29, 1.82) is 0 Å². The van der Waals surface area contributed by atoms with E-state index in [1.165, 1.54) is 6.08 Å². The Labute approximate surface area is 169 Å². The van der Waals surface area contributed by atoms with Crippen LogP contribution in [0.1, 0.15) is 30.0 Å². The Balaban J connectivity index is 1.51. The molecule has 6 heteroatoms. The molecule has 2 aromatic carbocycles. The maximum atomic E-state index is 12.1. The fourth-order valence-corrected chi connectivity index (χ4v) is 2.72. The van der Waals surface area contributed by atoms with Gasteiger partial charge in [0.05, 0.1) is 6.04 Å². The Kier molecular flexibility index (Phi) is 6.47. The maximum absolute atomic E-state index is 12.1. The molecule has 1 unspecified atom stereocenters. The van der Waals surface area contributed by atoms with E-state index in [0.717, 1.165) is 17.0 Å². The molecule has 3 N–H and O–H groups in total. The molecule has 3 amide bonds. The van der Waals surface area contributed by atoms with Crippen LogP contribution in [0.15, 0.2) is 77.2 Å². The Bertz CT molecular complexity index is 992. The van der Waals surface area contributed by atoms with E-state index < -0.39 is 0 Å². The molecule has 0 fully saturated rings. The summed E-state index contributed by atoms with van der Waals surface area (Å²) in [7, 11) is 0. The number of benzene rings is 2. The smallest absolute Gasteiger partial charge is 0.323 e. The second-order valence-electron chi connectivity index (χ2n) is 6.58. The standard InChI is InChI=1S/C23H23N3O3/c1-16-8-13-21(29-16)14-15-22(27)24-17(2)18-9-11-20(12-10-18)26-23(28)25-19-6-4-3-5-7-19/h3-15,17H,1-2H3,(H,24,27)(H2,25,26,28)/b15-14+. The summed E-state index contributed by atoms with van der Waals surface area (Å²) in [5.41, 5.74) is 2.30. The highest BCUT2D eigenvalue weighted by atomic mass is 16.3. The molecule has 0 saturated heterocycles. The molecule has 1 heterocycles. The van der Waals surface area contributed by atoms with Crippen molar-refractivity contribution in [2.75, 3.05) is 10.6 Å². The topological polar surface area (TPSA) is 83.4 Å². The van der Waals surface area contributed by atoms with Crippen molar-refractivity contribution in [3.8, 4) is 0 Å². The zero-order valence-corrected chi connectivity index (χ0v) is 16.3. The molecule has 0 aliphatic heterocycles. The van der Waals surface area contributed by atoms with Gasteiger partial charge in [0.15, 0.2) is 0 Å². The van der Waals surface area contributed by atoms with Gasteiger partial charge in [-0.05, 0) is 61.9 Å². The monoisotopic (exact) mass is 389 g/mol. The van der Waals surface area contributed by atoms with Crippen LogP contribution >= 0.6 is 0 Å². The number of para-hydroxylation sites is 1. The van der Waals surface area contributed by atoms with Crippen LogP contribution in [0.25, 0.3) is 6.08 Å². The minimum Gasteiger partial charge on any atom is -0.462 e. The number of amides is 3. The van der Waals surface area contributed by atoms with E-state index >= 15 is 0 Å². The van der Waals surface area contributed by atoms with E-state index in [-0.39, 0.29) is 18.0 Å². The van der Waals surface area contributed by atoms with Crippen LogP contribution in [0.2, 0.25) is 0 Å². The van der Waals surface area contributed by atoms with Gasteiger partial charge in [0.2, 0.25) is 5.91 Å². The third kappa shape index (κ3) is 6.10. The second-order valence-corrected chi connectivity index (χ2v) is 6.58. The highest BCUT2D eigenvalue weighted by Crippen LogP contribution is 2.17. The third-order valence-electron chi connectivity index (χ3n) is 4.22. The van der Waals surface area contributed by atoms with Gasteiger partial charge in [-0.15, -0.1) is 0 Å². The Morgan fingerprint density at radius 2 is 1.55 bits per heavy atom. The number of anilines is 2. The van der Waals surface area contributed by atoms with Gasteiger partial charge in [0.1, 0.15) is 11.5 Å². The molecule has 3 rings (SSSR count). The van der Waals surface area contributed by atoms with Gasteiger partial charge in [0, 0.05) is 17.5 Å². The van der Waals surface area contributed by atoms with Gasteiger partial charge in [-0.25, -0.2) is 4.79 Å². The third-order valence-corrected chi connectivity index (χ3v) is 4.22. The predicted molar refractivity (Wildman–Crippen MR) is 115 cm³/mol. The van der Waals surface area contributed by atoms with Gasteiger partial charge in [-0.3, -0.25) is 4.79 Å². The molecule has 0 radical (unpaired) electrons. The summed E-state index contributed by atoms with van der Waals surface area (Å²) < 4.78 is 5.40. The fourth-order valence-electron chi connectivity index (χ4n) is 2.72. The molecule has 0 saturated carbocycles. The lowest BCUT2D eigenvalue weighted by Gasteiger charge is -2.14. The fraction of sp³-hybridized carbons (Fsp3) is 0.130. The summed E-state index contributed by atoms with van der Waals surface area (Å²) >= 11 is 0. The van der Waals surface area contributed by atoms with E-state index in [2.05, 4.69) is 16.0 Å². The summed E-state index contributed by atoms with van der Waals surface area (Å²) in [6, 6.07) is 19.7. The Morgan fingerprint density at radius 3 is 2.17 bits per heavy atom. The molecule has 0 aliphatic carbocycles. The number of nitrogens with one attached hydrogen (secondary N) is 3. The number of hydrogen-bond donors (Lipinski definition) is 3. The molecular formula is C23H23N3O3. The van der Waals surface area contributed by atoms with E-state index in [0.29, 0.717) is 11.4 Å². The molecule has 0 aliphatic rings. The van der Waals surface area contributed by atoms with Crippen molar-refractivity contribution in [2.45, 2.75) is 19.9 Å². The van der Waals surface area contributed by atoms with Crippen molar-refractivity contribution in [3.63, 3.8) is 0 Å². The Hall–Kier alpha value is -3.80. The van der Waals surface area contributed by atoms with Crippen molar-refractivity contribution in [3.05, 3.63) is 89.9 Å². The highest BCUT2D eigenvalue weighted by Gasteiger charge is 2.09. The summed E-state index contributed by atoms with van der Waals surface area (Å²) in [4.78, 5) is 24.1. The first-order chi connectivity index (χ1) is 14.0. The number of hydrogen-bond acceptors (Lipinski definition) is 3. The van der Waals surface area contributed by atoms with Crippen LogP contribution in [0.5, 0.6) is 0 Å². The minimum atomic E-state index is -0.316. The van der Waals surface area contributed by atoms with E-state index in [1.54, 1.807) is 18.2 Å². The molecular weight excluding hydrogens is 366 g/mol. The SMILES string of the molecule is Cc1ccc(/C=C/C(=O)NC(C)c2ccc(NC(=O)Nc3ccccc3)cc2)o1. The van der Waals surface area contributed by atoms with Crippen molar-refractivity contribution in [2.24, 2.45) is 0 Å². The second kappa shape index (κ2) is 9.41. The molecule has 0 bridgehead atoms. The van der Waals surface area contributed by atoms with Crippen LogP contribution in [0.4, 0.5) is 16.2 Å². The lowest BCUT2D eigenvalue weighted by molar-refractivity contribution is -0.117. The van der Waals surface area contributed by atoms with Gasteiger partial charge in [0.25, 0.3) is 0 Å². The van der Waals surface area contributed by atoms with E-state index in [1.807, 2.05) is 68.4 Å². The molecule has 148 valence electrons. The number of carbonyl (C=O) groups is 2. The van der Waals surface area contributed by atoms with Gasteiger partial charge < -0.3 is 20.4 Å². The number of furan rings is 1. The Morgan fingerprint density at radius 1 is 0.897 bits per heavy atom. The van der Waals surface area contributed by atoms with Crippen LogP contribution in [0.3, 0.4) is 0 Å². The zero-order chi connectivity index (χ0) is 20.6. The number of rotatable bonds is 6. The first-order valence-electron chi connectivity index (χ1n) is 9.27. The lowest BCUT2D eigenvalue weighted by Crippen LogP contribution is -2.24. The predicted octanol–water partition coefficient (Wildman–Crippen LogP) is 5.12. The molecule has 1 aromatic heterocycles. The minimum absolute atomic E-state index is 0.183. The van der Waals surface area contributed by atoms with Crippen molar-refractivity contribution < 1.29 is 14.0 Å². The first kappa shape index (κ1) is 19.9. The average Bonchev–Trinajstić information content (AvgIpc) is 3.13. The molecule has 0 spiro atoms.